The van der Waals surface area contributed by atoms with Crippen molar-refractivity contribution in [3.8, 4) is 11.5 Å². The van der Waals surface area contributed by atoms with Crippen molar-refractivity contribution in [2.24, 2.45) is 0 Å². The molecule has 0 bridgehead atoms. The van der Waals surface area contributed by atoms with Crippen molar-refractivity contribution in [1.29, 1.82) is 0 Å². The number of fused-ring (bicyclic) bond motifs is 1. The van der Waals surface area contributed by atoms with E-state index in [4.69, 9.17) is 16.0 Å². The number of aromatic nitrogens is 1. The summed E-state index contributed by atoms with van der Waals surface area (Å²) < 4.78 is 5.75. The summed E-state index contributed by atoms with van der Waals surface area (Å²) in [5.74, 6) is 1.72. The molecule has 1 amide bonds. The fourth-order valence-electron chi connectivity index (χ4n) is 2.13. The molecule has 118 valence electrons. The zero-order chi connectivity index (χ0) is 16.2. The smallest absolute Gasteiger partial charge is 0.234 e. The number of rotatable bonds is 5. The highest BCUT2D eigenvalue weighted by Crippen LogP contribution is 2.30. The first-order valence-electron chi connectivity index (χ1n) is 7.20. The standard InChI is InChI=1S/C17H15ClN2O2S/c1-2-23-10-16(21)19-14-9-11(7-8-12(14)18)17-20-13-5-3-4-6-15(13)22-17/h3-9H,2,10H2,1H3,(H,19,21). The molecular formula is C17H15ClN2O2S. The molecule has 0 aliphatic carbocycles. The van der Waals surface area contributed by atoms with Crippen LogP contribution in [0.4, 0.5) is 5.69 Å². The predicted molar refractivity (Wildman–Crippen MR) is 96.1 cm³/mol. The van der Waals surface area contributed by atoms with Gasteiger partial charge in [-0.25, -0.2) is 4.98 Å². The fourth-order valence-corrected chi connectivity index (χ4v) is 2.76. The average molecular weight is 347 g/mol. The summed E-state index contributed by atoms with van der Waals surface area (Å²) in [7, 11) is 0. The number of thioether (sulfide) groups is 1. The van der Waals surface area contributed by atoms with Crippen LogP contribution in [0.1, 0.15) is 6.92 Å². The molecule has 0 radical (unpaired) electrons. The van der Waals surface area contributed by atoms with E-state index in [-0.39, 0.29) is 5.91 Å². The Morgan fingerprint density at radius 1 is 1.30 bits per heavy atom. The molecule has 0 fully saturated rings. The van der Waals surface area contributed by atoms with Gasteiger partial charge in [0.2, 0.25) is 11.8 Å². The molecule has 1 aromatic heterocycles. The summed E-state index contributed by atoms with van der Waals surface area (Å²) in [6, 6.07) is 12.9. The first-order valence-corrected chi connectivity index (χ1v) is 8.73. The van der Waals surface area contributed by atoms with E-state index in [0.717, 1.165) is 22.4 Å². The number of hydrogen-bond acceptors (Lipinski definition) is 4. The van der Waals surface area contributed by atoms with Crippen LogP contribution in [0, 0.1) is 0 Å². The van der Waals surface area contributed by atoms with Gasteiger partial charge in [-0.1, -0.05) is 30.7 Å². The molecule has 0 aliphatic heterocycles. The normalized spacial score (nSPS) is 10.9. The topological polar surface area (TPSA) is 55.1 Å². The number of halogens is 1. The molecule has 23 heavy (non-hydrogen) atoms. The van der Waals surface area contributed by atoms with Gasteiger partial charge in [-0.15, -0.1) is 0 Å². The predicted octanol–water partition coefficient (Wildman–Crippen LogP) is 4.84. The van der Waals surface area contributed by atoms with E-state index in [2.05, 4.69) is 10.3 Å². The number of amides is 1. The van der Waals surface area contributed by atoms with E-state index < -0.39 is 0 Å². The van der Waals surface area contributed by atoms with Gasteiger partial charge in [-0.3, -0.25) is 4.79 Å². The minimum absolute atomic E-state index is 0.0755. The minimum Gasteiger partial charge on any atom is -0.436 e. The van der Waals surface area contributed by atoms with Crippen LogP contribution < -0.4 is 5.32 Å². The van der Waals surface area contributed by atoms with E-state index in [0.29, 0.717) is 22.4 Å². The Bertz CT molecular complexity index is 814. The van der Waals surface area contributed by atoms with Crippen molar-refractivity contribution < 1.29 is 9.21 Å². The molecule has 1 N–H and O–H groups in total. The molecule has 0 atom stereocenters. The highest BCUT2D eigenvalue weighted by atomic mass is 35.5. The van der Waals surface area contributed by atoms with E-state index in [9.17, 15) is 4.79 Å². The molecule has 4 nitrogen and oxygen atoms in total. The number of oxazole rings is 1. The number of hydrogen-bond donors (Lipinski definition) is 1. The molecule has 0 saturated heterocycles. The van der Waals surface area contributed by atoms with E-state index in [1.54, 1.807) is 23.9 Å². The summed E-state index contributed by atoms with van der Waals surface area (Å²) >= 11 is 7.73. The van der Waals surface area contributed by atoms with Gasteiger partial charge in [0.15, 0.2) is 5.58 Å². The van der Waals surface area contributed by atoms with Gasteiger partial charge in [-0.2, -0.15) is 11.8 Å². The van der Waals surface area contributed by atoms with Crippen LogP contribution in [0.15, 0.2) is 46.9 Å². The average Bonchev–Trinajstić information content (AvgIpc) is 2.99. The lowest BCUT2D eigenvalue weighted by atomic mass is 10.2. The third-order valence-electron chi connectivity index (χ3n) is 3.22. The van der Waals surface area contributed by atoms with Gasteiger partial charge in [0.1, 0.15) is 5.52 Å². The molecule has 3 aromatic rings. The van der Waals surface area contributed by atoms with Gasteiger partial charge in [0, 0.05) is 5.56 Å². The zero-order valence-corrected chi connectivity index (χ0v) is 14.1. The molecule has 0 spiro atoms. The maximum atomic E-state index is 11.9. The molecule has 6 heteroatoms. The maximum absolute atomic E-state index is 11.9. The second kappa shape index (κ2) is 7.06. The Morgan fingerprint density at radius 2 is 2.13 bits per heavy atom. The Kier molecular flexibility index (Phi) is 4.88. The molecule has 3 rings (SSSR count). The monoisotopic (exact) mass is 346 g/mol. The lowest BCUT2D eigenvalue weighted by molar-refractivity contribution is -0.113. The first kappa shape index (κ1) is 15.9. The van der Waals surface area contributed by atoms with Crippen molar-refractivity contribution in [3.63, 3.8) is 0 Å². The molecule has 0 saturated carbocycles. The third-order valence-corrected chi connectivity index (χ3v) is 4.42. The third kappa shape index (κ3) is 3.68. The zero-order valence-electron chi connectivity index (χ0n) is 12.5. The molecule has 1 heterocycles. The van der Waals surface area contributed by atoms with Crippen LogP contribution in [-0.2, 0) is 4.79 Å². The first-order chi connectivity index (χ1) is 11.2. The minimum atomic E-state index is -0.0755. The fraction of sp³-hybridized carbons (Fsp3) is 0.176. The largest absolute Gasteiger partial charge is 0.436 e. The number of carbonyl (C=O) groups is 1. The Labute approximate surface area is 143 Å². The van der Waals surface area contributed by atoms with Crippen LogP contribution in [0.2, 0.25) is 5.02 Å². The summed E-state index contributed by atoms with van der Waals surface area (Å²) in [6.07, 6.45) is 0. The maximum Gasteiger partial charge on any atom is 0.234 e. The lowest BCUT2D eigenvalue weighted by Gasteiger charge is -2.08. The van der Waals surface area contributed by atoms with Gasteiger partial charge in [-0.05, 0) is 36.1 Å². The van der Waals surface area contributed by atoms with Crippen molar-refractivity contribution in [3.05, 3.63) is 47.5 Å². The van der Waals surface area contributed by atoms with Crippen LogP contribution >= 0.6 is 23.4 Å². The summed E-state index contributed by atoms with van der Waals surface area (Å²) in [5.41, 5.74) is 2.85. The quantitative estimate of drug-likeness (QED) is 0.718. The van der Waals surface area contributed by atoms with Crippen molar-refractivity contribution in [2.75, 3.05) is 16.8 Å². The Hall–Kier alpha value is -1.98. The van der Waals surface area contributed by atoms with Gasteiger partial charge in [0.25, 0.3) is 0 Å². The number of carbonyl (C=O) groups excluding carboxylic acids is 1. The van der Waals surface area contributed by atoms with E-state index in [1.807, 2.05) is 37.3 Å². The van der Waals surface area contributed by atoms with Gasteiger partial charge >= 0.3 is 0 Å². The van der Waals surface area contributed by atoms with Crippen LogP contribution in [0.5, 0.6) is 0 Å². The second-order valence-corrected chi connectivity index (χ2v) is 6.55. The van der Waals surface area contributed by atoms with E-state index >= 15 is 0 Å². The number of benzene rings is 2. The Balaban J connectivity index is 1.88. The van der Waals surface area contributed by atoms with Crippen molar-refractivity contribution in [2.45, 2.75) is 6.92 Å². The summed E-state index contributed by atoms with van der Waals surface area (Å²) in [6.45, 7) is 2.01. The number of anilines is 1. The molecule has 0 aliphatic rings. The molecular weight excluding hydrogens is 332 g/mol. The number of nitrogens with zero attached hydrogens (tertiary/aromatic N) is 1. The van der Waals surface area contributed by atoms with Gasteiger partial charge in [0.05, 0.1) is 16.5 Å². The number of nitrogens with one attached hydrogen (secondary N) is 1. The highest BCUT2D eigenvalue weighted by molar-refractivity contribution is 7.99. The molecule has 0 unspecified atom stereocenters. The molecule has 2 aromatic carbocycles. The SMILES string of the molecule is CCSCC(=O)Nc1cc(-c2nc3ccccc3o2)ccc1Cl. The Morgan fingerprint density at radius 3 is 2.91 bits per heavy atom. The van der Waals surface area contributed by atoms with Crippen LogP contribution in [-0.4, -0.2) is 22.4 Å². The van der Waals surface area contributed by atoms with Gasteiger partial charge < -0.3 is 9.73 Å². The highest BCUT2D eigenvalue weighted by Gasteiger charge is 2.12. The lowest BCUT2D eigenvalue weighted by Crippen LogP contribution is -2.14. The van der Waals surface area contributed by atoms with Crippen molar-refractivity contribution >= 4 is 46.1 Å². The van der Waals surface area contributed by atoms with Crippen LogP contribution in [0.3, 0.4) is 0 Å². The van der Waals surface area contributed by atoms with Crippen molar-refractivity contribution in [1.82, 2.24) is 4.98 Å². The summed E-state index contributed by atoms with van der Waals surface area (Å²) in [5, 5.41) is 3.31. The summed E-state index contributed by atoms with van der Waals surface area (Å²) in [4.78, 5) is 16.3. The number of para-hydroxylation sites is 2. The van der Waals surface area contributed by atoms with E-state index in [1.165, 1.54) is 0 Å². The second-order valence-electron chi connectivity index (χ2n) is 4.87. The van der Waals surface area contributed by atoms with Crippen LogP contribution in [0.25, 0.3) is 22.6 Å².